The van der Waals surface area contributed by atoms with Crippen LogP contribution in [0.3, 0.4) is 0 Å². The summed E-state index contributed by atoms with van der Waals surface area (Å²) in [5, 5.41) is 3.10. The van der Waals surface area contributed by atoms with E-state index in [9.17, 15) is 4.79 Å². The van der Waals surface area contributed by atoms with Crippen molar-refractivity contribution < 1.29 is 9.53 Å². The minimum atomic E-state index is -0.160. The molecule has 1 aliphatic heterocycles. The molecular weight excluding hydrogens is 190 g/mol. The molecule has 1 aromatic rings. The number of carbonyl (C=O) groups excluding carboxylic acids is 1. The first-order valence-corrected chi connectivity index (χ1v) is 5.28. The maximum atomic E-state index is 11.5. The van der Waals surface area contributed by atoms with Crippen molar-refractivity contribution in [1.29, 1.82) is 0 Å². The third-order valence-electron chi connectivity index (χ3n) is 2.73. The number of esters is 1. The number of nitrogens with one attached hydrogen (secondary N) is 1. The molecule has 15 heavy (non-hydrogen) atoms. The number of hydrogen-bond donors (Lipinski definition) is 1. The van der Waals surface area contributed by atoms with Gasteiger partial charge in [-0.15, -0.1) is 0 Å². The Labute approximate surface area is 89.4 Å². The summed E-state index contributed by atoms with van der Waals surface area (Å²) in [7, 11) is 0. The van der Waals surface area contributed by atoms with Gasteiger partial charge in [0.15, 0.2) is 0 Å². The number of rotatable bonds is 3. The molecule has 0 amide bonds. The van der Waals surface area contributed by atoms with Gasteiger partial charge in [-0.1, -0.05) is 30.3 Å². The third kappa shape index (κ3) is 2.02. The summed E-state index contributed by atoms with van der Waals surface area (Å²) in [6, 6.07) is 9.92. The summed E-state index contributed by atoms with van der Waals surface area (Å²) in [4.78, 5) is 11.5. The predicted molar refractivity (Wildman–Crippen MR) is 57.6 cm³/mol. The number of carbonyl (C=O) groups is 1. The van der Waals surface area contributed by atoms with Gasteiger partial charge in [-0.3, -0.25) is 4.79 Å². The lowest BCUT2D eigenvalue weighted by Crippen LogP contribution is -2.56. The average molecular weight is 205 g/mol. The van der Waals surface area contributed by atoms with E-state index in [0.717, 1.165) is 6.54 Å². The molecule has 0 radical (unpaired) electrons. The molecular formula is C12H15NO2. The molecule has 3 nitrogen and oxygen atoms in total. The van der Waals surface area contributed by atoms with Gasteiger partial charge in [-0.05, 0) is 12.5 Å². The Kier molecular flexibility index (Phi) is 3.02. The molecule has 1 aromatic carbocycles. The minimum Gasteiger partial charge on any atom is -0.465 e. The second-order valence-electron chi connectivity index (χ2n) is 3.66. The molecule has 0 aliphatic carbocycles. The van der Waals surface area contributed by atoms with Gasteiger partial charge in [0.1, 0.15) is 6.04 Å². The van der Waals surface area contributed by atoms with Crippen molar-refractivity contribution in [2.45, 2.75) is 18.9 Å². The van der Waals surface area contributed by atoms with Crippen molar-refractivity contribution in [1.82, 2.24) is 5.32 Å². The summed E-state index contributed by atoms with van der Waals surface area (Å²) < 4.78 is 5.00. The van der Waals surface area contributed by atoms with Crippen LogP contribution < -0.4 is 5.32 Å². The minimum absolute atomic E-state index is 0.141. The van der Waals surface area contributed by atoms with Crippen molar-refractivity contribution in [2.75, 3.05) is 13.2 Å². The van der Waals surface area contributed by atoms with Crippen molar-refractivity contribution in [2.24, 2.45) is 0 Å². The zero-order chi connectivity index (χ0) is 10.7. The molecule has 2 atom stereocenters. The van der Waals surface area contributed by atoms with Gasteiger partial charge in [-0.25, -0.2) is 0 Å². The second-order valence-corrected chi connectivity index (χ2v) is 3.66. The van der Waals surface area contributed by atoms with E-state index in [-0.39, 0.29) is 17.9 Å². The van der Waals surface area contributed by atoms with E-state index >= 15 is 0 Å². The van der Waals surface area contributed by atoms with E-state index in [2.05, 4.69) is 17.4 Å². The van der Waals surface area contributed by atoms with E-state index in [0.29, 0.717) is 6.61 Å². The standard InChI is InChI=1S/C12H15NO2/c1-2-15-12(14)11-10(8-13-11)9-6-4-3-5-7-9/h3-7,10-11,13H,2,8H2,1H3/t10-,11-/m1/s1. The topological polar surface area (TPSA) is 38.3 Å². The van der Waals surface area contributed by atoms with Crippen molar-refractivity contribution in [3.63, 3.8) is 0 Å². The van der Waals surface area contributed by atoms with Crippen LogP contribution in [0.25, 0.3) is 0 Å². The van der Waals surface area contributed by atoms with Gasteiger partial charge >= 0.3 is 5.97 Å². The van der Waals surface area contributed by atoms with Crippen LogP contribution in [-0.4, -0.2) is 25.2 Å². The highest BCUT2D eigenvalue weighted by atomic mass is 16.5. The molecule has 2 rings (SSSR count). The van der Waals surface area contributed by atoms with Gasteiger partial charge in [0.25, 0.3) is 0 Å². The van der Waals surface area contributed by atoms with Crippen LogP contribution in [0.15, 0.2) is 30.3 Å². The Bertz CT molecular complexity index is 337. The summed E-state index contributed by atoms with van der Waals surface area (Å²) >= 11 is 0. The highest BCUT2D eigenvalue weighted by Crippen LogP contribution is 2.26. The van der Waals surface area contributed by atoms with Crippen LogP contribution in [0.4, 0.5) is 0 Å². The fourth-order valence-corrected chi connectivity index (χ4v) is 1.84. The summed E-state index contributed by atoms with van der Waals surface area (Å²) in [5.74, 6) is 0.128. The first-order valence-electron chi connectivity index (χ1n) is 5.28. The maximum absolute atomic E-state index is 11.5. The molecule has 1 saturated heterocycles. The van der Waals surface area contributed by atoms with Gasteiger partial charge in [0.2, 0.25) is 0 Å². The first kappa shape index (κ1) is 10.2. The Morgan fingerprint density at radius 3 is 2.73 bits per heavy atom. The first-order chi connectivity index (χ1) is 7.33. The molecule has 1 aliphatic rings. The van der Waals surface area contributed by atoms with E-state index in [1.54, 1.807) is 0 Å². The maximum Gasteiger partial charge on any atom is 0.323 e. The lowest BCUT2D eigenvalue weighted by molar-refractivity contribution is -0.148. The number of benzene rings is 1. The van der Waals surface area contributed by atoms with Gasteiger partial charge < -0.3 is 10.1 Å². The van der Waals surface area contributed by atoms with Crippen LogP contribution in [-0.2, 0) is 9.53 Å². The number of hydrogen-bond acceptors (Lipinski definition) is 3. The van der Waals surface area contributed by atoms with Gasteiger partial charge in [-0.2, -0.15) is 0 Å². The molecule has 1 fully saturated rings. The summed E-state index contributed by atoms with van der Waals surface area (Å²) in [5.41, 5.74) is 1.20. The summed E-state index contributed by atoms with van der Waals surface area (Å²) in [6.45, 7) is 3.13. The SMILES string of the molecule is CCOC(=O)[C@@H]1NC[C@@H]1c1ccccc1. The predicted octanol–water partition coefficient (Wildman–Crippen LogP) is 1.31. The van der Waals surface area contributed by atoms with Crippen molar-refractivity contribution >= 4 is 5.97 Å². The highest BCUT2D eigenvalue weighted by Gasteiger charge is 2.37. The second kappa shape index (κ2) is 4.45. The van der Waals surface area contributed by atoms with Crippen LogP contribution in [0.1, 0.15) is 18.4 Å². The third-order valence-corrected chi connectivity index (χ3v) is 2.73. The van der Waals surface area contributed by atoms with Crippen molar-refractivity contribution in [3.05, 3.63) is 35.9 Å². The molecule has 0 spiro atoms. The molecule has 0 aromatic heterocycles. The molecule has 3 heteroatoms. The zero-order valence-corrected chi connectivity index (χ0v) is 8.77. The Balaban J connectivity index is 2.03. The average Bonchev–Trinajstić information content (AvgIpc) is 2.18. The van der Waals surface area contributed by atoms with Crippen LogP contribution >= 0.6 is 0 Å². The van der Waals surface area contributed by atoms with E-state index < -0.39 is 0 Å². The van der Waals surface area contributed by atoms with Crippen LogP contribution in [0, 0.1) is 0 Å². The smallest absolute Gasteiger partial charge is 0.323 e. The fourth-order valence-electron chi connectivity index (χ4n) is 1.84. The molecule has 0 unspecified atom stereocenters. The monoisotopic (exact) mass is 205 g/mol. The lowest BCUT2D eigenvalue weighted by Gasteiger charge is -2.36. The van der Waals surface area contributed by atoms with Gasteiger partial charge in [0, 0.05) is 12.5 Å². The molecule has 80 valence electrons. The fraction of sp³-hybridized carbons (Fsp3) is 0.417. The Morgan fingerprint density at radius 1 is 1.47 bits per heavy atom. The van der Waals surface area contributed by atoms with E-state index in [4.69, 9.17) is 4.74 Å². The summed E-state index contributed by atoms with van der Waals surface area (Å²) in [6.07, 6.45) is 0. The Hall–Kier alpha value is -1.35. The van der Waals surface area contributed by atoms with E-state index in [1.807, 2.05) is 25.1 Å². The largest absolute Gasteiger partial charge is 0.465 e. The molecule has 0 bridgehead atoms. The lowest BCUT2D eigenvalue weighted by atomic mass is 9.85. The zero-order valence-electron chi connectivity index (χ0n) is 8.77. The van der Waals surface area contributed by atoms with Crippen LogP contribution in [0.2, 0.25) is 0 Å². The normalized spacial score (nSPS) is 24.3. The highest BCUT2D eigenvalue weighted by molar-refractivity contribution is 5.78. The molecule has 1 N–H and O–H groups in total. The molecule has 1 heterocycles. The number of ether oxygens (including phenoxy) is 1. The van der Waals surface area contributed by atoms with E-state index in [1.165, 1.54) is 5.56 Å². The van der Waals surface area contributed by atoms with Crippen LogP contribution in [0.5, 0.6) is 0 Å². The quantitative estimate of drug-likeness (QED) is 0.756. The van der Waals surface area contributed by atoms with Gasteiger partial charge in [0.05, 0.1) is 6.61 Å². The Morgan fingerprint density at radius 2 is 2.20 bits per heavy atom. The van der Waals surface area contributed by atoms with Crippen molar-refractivity contribution in [3.8, 4) is 0 Å². The molecule has 0 saturated carbocycles.